The molecule has 1 rings (SSSR count). The average Bonchev–Trinajstić information content (AvgIpc) is 2.59. The zero-order valence-electron chi connectivity index (χ0n) is 14.9. The monoisotopic (exact) mass is 329 g/mol. The molecule has 0 aliphatic heterocycles. The SMILES string of the molecule is C=CCOC(=O)C(C)(C=O)CCCN(C)C(=C)c1ccc(C)cc1. The third-order valence-corrected chi connectivity index (χ3v) is 4.09. The van der Waals surface area contributed by atoms with E-state index in [0.717, 1.165) is 11.3 Å². The lowest BCUT2D eigenvalue weighted by Crippen LogP contribution is -2.32. The second-order valence-corrected chi connectivity index (χ2v) is 6.26. The highest BCUT2D eigenvalue weighted by atomic mass is 16.5. The van der Waals surface area contributed by atoms with Gasteiger partial charge in [-0.2, -0.15) is 0 Å². The molecule has 0 fully saturated rings. The molecule has 0 heterocycles. The van der Waals surface area contributed by atoms with Gasteiger partial charge in [-0.15, -0.1) is 0 Å². The van der Waals surface area contributed by atoms with Crippen molar-refractivity contribution in [1.29, 1.82) is 0 Å². The third kappa shape index (κ3) is 5.37. The molecule has 1 unspecified atom stereocenters. The fourth-order valence-corrected chi connectivity index (χ4v) is 2.29. The second-order valence-electron chi connectivity index (χ2n) is 6.26. The Kier molecular flexibility index (Phi) is 7.43. The minimum Gasteiger partial charge on any atom is -0.461 e. The molecule has 0 amide bonds. The molecule has 0 radical (unpaired) electrons. The first-order valence-corrected chi connectivity index (χ1v) is 8.05. The van der Waals surface area contributed by atoms with Gasteiger partial charge in [0.1, 0.15) is 18.3 Å². The number of aldehydes is 1. The molecule has 0 bridgehead atoms. The fraction of sp³-hybridized carbons (Fsp3) is 0.400. The Morgan fingerprint density at radius 1 is 1.33 bits per heavy atom. The lowest BCUT2D eigenvalue weighted by Gasteiger charge is -2.25. The Hall–Kier alpha value is -2.36. The molecular weight excluding hydrogens is 302 g/mol. The number of carbonyl (C=O) groups is 2. The molecule has 0 spiro atoms. The number of rotatable bonds is 10. The predicted octanol–water partition coefficient (Wildman–Crippen LogP) is 3.61. The van der Waals surface area contributed by atoms with Gasteiger partial charge in [0.15, 0.2) is 0 Å². The van der Waals surface area contributed by atoms with Gasteiger partial charge in [0.25, 0.3) is 0 Å². The van der Waals surface area contributed by atoms with Crippen LogP contribution >= 0.6 is 0 Å². The van der Waals surface area contributed by atoms with Gasteiger partial charge in [-0.25, -0.2) is 0 Å². The highest BCUT2D eigenvalue weighted by Gasteiger charge is 2.34. The Labute approximate surface area is 144 Å². The Balaban J connectivity index is 2.56. The van der Waals surface area contributed by atoms with Crippen LogP contribution in [-0.4, -0.2) is 37.4 Å². The third-order valence-electron chi connectivity index (χ3n) is 4.09. The van der Waals surface area contributed by atoms with Gasteiger partial charge in [0.2, 0.25) is 0 Å². The van der Waals surface area contributed by atoms with E-state index in [1.807, 2.05) is 43.1 Å². The highest BCUT2D eigenvalue weighted by molar-refractivity contribution is 5.92. The minimum atomic E-state index is -1.12. The predicted molar refractivity (Wildman–Crippen MR) is 97.4 cm³/mol. The number of aryl methyl sites for hydroxylation is 1. The average molecular weight is 329 g/mol. The smallest absolute Gasteiger partial charge is 0.319 e. The topological polar surface area (TPSA) is 46.6 Å². The standard InChI is InChI=1S/C20H27NO3/c1-6-14-24-19(23)20(4,15-22)12-7-13-21(5)17(3)18-10-8-16(2)9-11-18/h6,8-11,15H,1,3,7,12-14H2,2,4-5H3. The van der Waals surface area contributed by atoms with Crippen LogP contribution in [0.2, 0.25) is 0 Å². The van der Waals surface area contributed by atoms with E-state index >= 15 is 0 Å². The first-order chi connectivity index (χ1) is 11.3. The van der Waals surface area contributed by atoms with Crippen LogP contribution in [0.5, 0.6) is 0 Å². The first kappa shape index (κ1) is 19.7. The summed E-state index contributed by atoms with van der Waals surface area (Å²) in [7, 11) is 1.95. The van der Waals surface area contributed by atoms with Crippen LogP contribution < -0.4 is 0 Å². The number of carbonyl (C=O) groups excluding carboxylic acids is 2. The van der Waals surface area contributed by atoms with E-state index in [2.05, 4.69) is 13.2 Å². The fourth-order valence-electron chi connectivity index (χ4n) is 2.29. The molecular formula is C20H27NO3. The summed E-state index contributed by atoms with van der Waals surface area (Å²) in [6.07, 6.45) is 3.27. The van der Waals surface area contributed by atoms with Crippen molar-refractivity contribution >= 4 is 18.0 Å². The summed E-state index contributed by atoms with van der Waals surface area (Å²) in [5.74, 6) is -0.502. The highest BCUT2D eigenvalue weighted by Crippen LogP contribution is 2.24. The zero-order valence-corrected chi connectivity index (χ0v) is 14.9. The number of nitrogens with zero attached hydrogens (tertiary/aromatic N) is 1. The van der Waals surface area contributed by atoms with Crippen LogP contribution in [0, 0.1) is 12.3 Å². The molecule has 0 aliphatic carbocycles. The maximum Gasteiger partial charge on any atom is 0.319 e. The van der Waals surface area contributed by atoms with Gasteiger partial charge in [-0.1, -0.05) is 49.1 Å². The molecule has 1 aromatic carbocycles. The normalized spacial score (nSPS) is 12.8. The Morgan fingerprint density at radius 3 is 2.50 bits per heavy atom. The Bertz CT molecular complexity index is 591. The molecule has 0 saturated carbocycles. The maximum atomic E-state index is 12.0. The summed E-state index contributed by atoms with van der Waals surface area (Å²) in [6.45, 7) is 12.1. The van der Waals surface area contributed by atoms with E-state index in [0.29, 0.717) is 25.7 Å². The number of hydrogen-bond acceptors (Lipinski definition) is 4. The van der Waals surface area contributed by atoms with E-state index in [9.17, 15) is 9.59 Å². The van der Waals surface area contributed by atoms with Crippen molar-refractivity contribution in [3.63, 3.8) is 0 Å². The van der Waals surface area contributed by atoms with Gasteiger partial charge >= 0.3 is 5.97 Å². The quantitative estimate of drug-likeness (QED) is 0.285. The zero-order chi connectivity index (χ0) is 18.2. The van der Waals surface area contributed by atoms with E-state index < -0.39 is 11.4 Å². The van der Waals surface area contributed by atoms with Crippen molar-refractivity contribution in [2.75, 3.05) is 20.2 Å². The molecule has 1 aromatic rings. The summed E-state index contributed by atoms with van der Waals surface area (Å²) in [5.41, 5.74) is 2.06. The van der Waals surface area contributed by atoms with Crippen LogP contribution in [0.3, 0.4) is 0 Å². The number of ether oxygens (including phenoxy) is 1. The van der Waals surface area contributed by atoms with Crippen LogP contribution in [0.25, 0.3) is 5.70 Å². The molecule has 4 nitrogen and oxygen atoms in total. The van der Waals surface area contributed by atoms with Crippen molar-refractivity contribution in [1.82, 2.24) is 4.90 Å². The van der Waals surface area contributed by atoms with Crippen LogP contribution in [0.15, 0.2) is 43.5 Å². The molecule has 0 saturated heterocycles. The van der Waals surface area contributed by atoms with Crippen molar-refractivity contribution in [2.45, 2.75) is 26.7 Å². The molecule has 0 aromatic heterocycles. The number of esters is 1. The number of hydrogen-bond donors (Lipinski definition) is 0. The largest absolute Gasteiger partial charge is 0.461 e. The van der Waals surface area contributed by atoms with Crippen molar-refractivity contribution in [3.05, 3.63) is 54.6 Å². The summed E-state index contributed by atoms with van der Waals surface area (Å²) in [4.78, 5) is 25.4. The van der Waals surface area contributed by atoms with E-state index in [1.165, 1.54) is 11.6 Å². The van der Waals surface area contributed by atoms with Crippen LogP contribution in [0.4, 0.5) is 0 Å². The van der Waals surface area contributed by atoms with Gasteiger partial charge in [0.05, 0.1) is 0 Å². The lowest BCUT2D eigenvalue weighted by molar-refractivity contribution is -0.155. The lowest BCUT2D eigenvalue weighted by atomic mass is 9.87. The number of benzene rings is 1. The molecule has 1 atom stereocenters. The molecule has 130 valence electrons. The molecule has 0 aliphatic rings. The van der Waals surface area contributed by atoms with Gasteiger partial charge < -0.3 is 14.4 Å². The summed E-state index contributed by atoms with van der Waals surface area (Å²) in [6, 6.07) is 8.17. The van der Waals surface area contributed by atoms with E-state index in [-0.39, 0.29) is 6.61 Å². The Morgan fingerprint density at radius 2 is 1.96 bits per heavy atom. The van der Waals surface area contributed by atoms with E-state index in [1.54, 1.807) is 6.92 Å². The minimum absolute atomic E-state index is 0.117. The van der Waals surface area contributed by atoms with Crippen LogP contribution in [0.1, 0.15) is 30.9 Å². The van der Waals surface area contributed by atoms with Crippen molar-refractivity contribution < 1.29 is 14.3 Å². The van der Waals surface area contributed by atoms with Gasteiger partial charge in [-0.05, 0) is 32.3 Å². The van der Waals surface area contributed by atoms with Gasteiger partial charge in [0, 0.05) is 19.3 Å². The van der Waals surface area contributed by atoms with Crippen LogP contribution in [-0.2, 0) is 14.3 Å². The molecule has 0 N–H and O–H groups in total. The second kappa shape index (κ2) is 9.06. The summed E-state index contributed by atoms with van der Waals surface area (Å²) >= 11 is 0. The van der Waals surface area contributed by atoms with Crippen molar-refractivity contribution in [2.24, 2.45) is 5.41 Å². The molecule has 24 heavy (non-hydrogen) atoms. The summed E-state index contributed by atoms with van der Waals surface area (Å²) in [5, 5.41) is 0. The molecule has 4 heteroatoms. The first-order valence-electron chi connectivity index (χ1n) is 8.05. The van der Waals surface area contributed by atoms with E-state index in [4.69, 9.17) is 4.74 Å². The summed E-state index contributed by atoms with van der Waals surface area (Å²) < 4.78 is 5.01. The van der Waals surface area contributed by atoms with Gasteiger partial charge in [-0.3, -0.25) is 4.79 Å². The van der Waals surface area contributed by atoms with Crippen molar-refractivity contribution in [3.8, 4) is 0 Å². The maximum absolute atomic E-state index is 12.0.